The van der Waals surface area contributed by atoms with Crippen molar-refractivity contribution in [3.8, 4) is 4.20 Å². The molecule has 1 aromatic carbocycles. The van der Waals surface area contributed by atoms with Gasteiger partial charge < -0.3 is 0 Å². The standard InChI is InChI=1S/C9H9O.Mo/c1-2-9(10)8-6-4-3-5-7-8;/h3-7,9-10H,2H2;/q;+1. The zero-order valence-electron chi connectivity index (χ0n) is 6.03. The van der Waals surface area contributed by atoms with Gasteiger partial charge in [0.1, 0.15) is 0 Å². The molecule has 0 aliphatic heterocycles. The molecule has 11 heavy (non-hydrogen) atoms. The Bertz CT molecular complexity index is 250. The molecule has 1 N–H and O–H groups in total. The molecule has 1 unspecified atom stereocenters. The molecule has 0 bridgehead atoms. The minimum absolute atomic E-state index is 0.385. The molecule has 1 atom stereocenters. The summed E-state index contributed by atoms with van der Waals surface area (Å²) in [6.07, 6.45) is 0.220. The van der Waals surface area contributed by atoms with Crippen LogP contribution in [0.25, 0.3) is 0 Å². The van der Waals surface area contributed by atoms with Gasteiger partial charge in [0.2, 0.25) is 0 Å². The number of benzene rings is 1. The van der Waals surface area contributed by atoms with Gasteiger partial charge in [0, 0.05) is 0 Å². The van der Waals surface area contributed by atoms with E-state index >= 15 is 0 Å². The molecular weight excluding hydrogens is 220 g/mol. The Hall–Kier alpha value is -0.352. The molecule has 0 aliphatic rings. The fourth-order valence-corrected chi connectivity index (χ4v) is 1.26. The third-order valence-corrected chi connectivity index (χ3v) is 1.87. The van der Waals surface area contributed by atoms with Gasteiger partial charge >= 0.3 is 76.9 Å². The van der Waals surface area contributed by atoms with Crippen molar-refractivity contribution in [2.24, 2.45) is 0 Å². The summed E-state index contributed by atoms with van der Waals surface area (Å²) in [6, 6.07) is 9.63. The van der Waals surface area contributed by atoms with Crippen molar-refractivity contribution in [3.63, 3.8) is 0 Å². The molecule has 0 saturated carbocycles. The van der Waals surface area contributed by atoms with E-state index in [9.17, 15) is 5.11 Å². The maximum atomic E-state index is 9.46. The van der Waals surface area contributed by atoms with Crippen LogP contribution in [-0.2, 0) is 19.2 Å². The van der Waals surface area contributed by atoms with E-state index in [0.717, 1.165) is 5.56 Å². The zero-order chi connectivity index (χ0) is 8.10. The quantitative estimate of drug-likeness (QED) is 0.764. The van der Waals surface area contributed by atoms with Gasteiger partial charge in [-0.2, -0.15) is 0 Å². The van der Waals surface area contributed by atoms with Crippen LogP contribution in [0.4, 0.5) is 0 Å². The predicted molar refractivity (Wildman–Crippen MR) is 39.9 cm³/mol. The molecule has 1 aromatic rings. The first kappa shape index (κ1) is 8.74. The molecule has 2 heteroatoms. The van der Waals surface area contributed by atoms with E-state index in [0.29, 0.717) is 6.42 Å². The van der Waals surface area contributed by atoms with Gasteiger partial charge in [-0.05, 0) is 0 Å². The first-order valence-electron chi connectivity index (χ1n) is 3.42. The summed E-state index contributed by atoms with van der Waals surface area (Å²) in [7, 11) is 0. The number of hydrogen-bond acceptors (Lipinski definition) is 1. The summed E-state index contributed by atoms with van der Waals surface area (Å²) in [5.74, 6) is 0. The van der Waals surface area contributed by atoms with E-state index in [1.807, 2.05) is 30.3 Å². The summed E-state index contributed by atoms with van der Waals surface area (Å²) in [4.78, 5) is 0. The second-order valence-corrected chi connectivity index (χ2v) is 2.98. The first-order valence-corrected chi connectivity index (χ1v) is 4.43. The SMILES string of the molecule is OC(C[C]#[Mo+])c1ccccc1. The van der Waals surface area contributed by atoms with Crippen LogP contribution in [0.1, 0.15) is 18.1 Å². The van der Waals surface area contributed by atoms with Crippen LogP contribution in [0.5, 0.6) is 0 Å². The van der Waals surface area contributed by atoms with Crippen LogP contribution in [0.2, 0.25) is 0 Å². The molecule has 0 heterocycles. The number of rotatable bonds is 2. The van der Waals surface area contributed by atoms with Crippen molar-refractivity contribution in [1.29, 1.82) is 0 Å². The molecular formula is C9H9MoO+. The average molecular weight is 229 g/mol. The second kappa shape index (κ2) is 4.51. The third kappa shape index (κ3) is 2.63. The molecule has 0 aromatic heterocycles. The number of aliphatic hydroxyl groups excluding tert-OH is 1. The van der Waals surface area contributed by atoms with Gasteiger partial charge in [-0.1, -0.05) is 0 Å². The van der Waals surface area contributed by atoms with Crippen LogP contribution in [-0.4, -0.2) is 5.11 Å². The second-order valence-electron chi connectivity index (χ2n) is 2.27. The van der Waals surface area contributed by atoms with Crippen molar-refractivity contribution in [2.75, 3.05) is 0 Å². The van der Waals surface area contributed by atoms with E-state index in [1.165, 1.54) is 0 Å². The van der Waals surface area contributed by atoms with Crippen molar-refractivity contribution < 1.29 is 24.3 Å². The van der Waals surface area contributed by atoms with Crippen molar-refractivity contribution in [3.05, 3.63) is 35.9 Å². The Balaban J connectivity index is 2.70. The van der Waals surface area contributed by atoms with Crippen LogP contribution >= 0.6 is 0 Å². The van der Waals surface area contributed by atoms with Gasteiger partial charge in [-0.3, -0.25) is 0 Å². The summed E-state index contributed by atoms with van der Waals surface area (Å²) >= 11 is 1.76. The van der Waals surface area contributed by atoms with Crippen molar-refractivity contribution in [1.82, 2.24) is 0 Å². The third-order valence-electron chi connectivity index (χ3n) is 1.46. The molecule has 1 rings (SSSR count). The van der Waals surface area contributed by atoms with E-state index in [1.54, 1.807) is 19.2 Å². The fraction of sp³-hybridized carbons (Fsp3) is 0.222. The normalized spacial score (nSPS) is 12.0. The van der Waals surface area contributed by atoms with Crippen LogP contribution < -0.4 is 0 Å². The molecule has 56 valence electrons. The number of aliphatic hydroxyl groups is 1. The predicted octanol–water partition coefficient (Wildman–Crippen LogP) is 1.62. The van der Waals surface area contributed by atoms with Gasteiger partial charge in [-0.25, -0.2) is 0 Å². The fourth-order valence-electron chi connectivity index (χ4n) is 0.872. The summed E-state index contributed by atoms with van der Waals surface area (Å²) in [6.45, 7) is 0. The van der Waals surface area contributed by atoms with Crippen LogP contribution in [0, 0.1) is 4.20 Å². The Morgan fingerprint density at radius 3 is 2.55 bits per heavy atom. The van der Waals surface area contributed by atoms with E-state index in [2.05, 4.69) is 4.20 Å². The summed E-state index contributed by atoms with van der Waals surface area (Å²) < 4.78 is 2.93. The Morgan fingerprint density at radius 1 is 1.36 bits per heavy atom. The van der Waals surface area contributed by atoms with Crippen LogP contribution in [0.15, 0.2) is 30.3 Å². The Kier molecular flexibility index (Phi) is 3.58. The van der Waals surface area contributed by atoms with Gasteiger partial charge in [0.15, 0.2) is 0 Å². The van der Waals surface area contributed by atoms with Crippen molar-refractivity contribution >= 4 is 0 Å². The molecule has 0 saturated heterocycles. The summed E-state index contributed by atoms with van der Waals surface area (Å²) in [5.41, 5.74) is 0.962. The Morgan fingerprint density at radius 2 is 2.00 bits per heavy atom. The minimum atomic E-state index is -0.385. The van der Waals surface area contributed by atoms with E-state index in [-0.39, 0.29) is 6.10 Å². The van der Waals surface area contributed by atoms with E-state index in [4.69, 9.17) is 0 Å². The monoisotopic (exact) mass is 231 g/mol. The summed E-state index contributed by atoms with van der Waals surface area (Å²) in [5, 5.41) is 9.46. The maximum absolute atomic E-state index is 9.46. The van der Waals surface area contributed by atoms with Crippen molar-refractivity contribution in [2.45, 2.75) is 12.5 Å². The molecule has 0 amide bonds. The topological polar surface area (TPSA) is 20.2 Å². The molecule has 0 fully saturated rings. The zero-order valence-corrected chi connectivity index (χ0v) is 8.03. The molecule has 0 spiro atoms. The first-order chi connectivity index (χ1) is 5.34. The molecule has 0 radical (unpaired) electrons. The van der Waals surface area contributed by atoms with Gasteiger partial charge in [-0.15, -0.1) is 0 Å². The van der Waals surface area contributed by atoms with Crippen LogP contribution in [0.3, 0.4) is 0 Å². The van der Waals surface area contributed by atoms with Gasteiger partial charge in [0.05, 0.1) is 0 Å². The average Bonchev–Trinajstić information content (AvgIpc) is 2.07. The van der Waals surface area contributed by atoms with Gasteiger partial charge in [0.25, 0.3) is 0 Å². The molecule has 1 nitrogen and oxygen atoms in total. The number of hydrogen-bond donors (Lipinski definition) is 1. The van der Waals surface area contributed by atoms with E-state index < -0.39 is 0 Å². The molecule has 0 aliphatic carbocycles. The Labute approximate surface area is 77.1 Å².